The van der Waals surface area contributed by atoms with E-state index in [0.717, 1.165) is 10.8 Å². The molecular weight excluding hydrogens is 278 g/mol. The van der Waals surface area contributed by atoms with Crippen molar-refractivity contribution < 1.29 is 9.90 Å². The molecular formula is C14H15NO2S2. The van der Waals surface area contributed by atoms with Gasteiger partial charge >= 0.3 is 5.97 Å². The lowest BCUT2D eigenvalue weighted by Gasteiger charge is -2.02. The van der Waals surface area contributed by atoms with Crippen molar-refractivity contribution in [2.45, 2.75) is 30.9 Å². The Kier molecular flexibility index (Phi) is 4.61. The number of nitrogens with zero attached hydrogens (tertiary/aromatic N) is 1. The number of aromatic carboxylic acids is 1. The molecule has 0 unspecified atom stereocenters. The molecule has 0 spiro atoms. The average molecular weight is 293 g/mol. The first-order valence-corrected chi connectivity index (χ1v) is 7.82. The third-order valence-electron chi connectivity index (χ3n) is 2.72. The van der Waals surface area contributed by atoms with Crippen LogP contribution in [-0.2, 0) is 12.2 Å². The molecule has 2 aromatic rings. The Labute approximate surface area is 120 Å². The number of rotatable bonds is 5. The zero-order valence-corrected chi connectivity index (χ0v) is 12.5. The Bertz CT molecular complexity index is 593. The molecule has 0 amide bonds. The molecule has 5 heteroatoms. The summed E-state index contributed by atoms with van der Waals surface area (Å²) in [5, 5.41) is 9.98. The van der Waals surface area contributed by atoms with Crippen LogP contribution in [0.3, 0.4) is 0 Å². The topological polar surface area (TPSA) is 50.2 Å². The van der Waals surface area contributed by atoms with Gasteiger partial charge in [-0.05, 0) is 25.0 Å². The lowest BCUT2D eigenvalue weighted by atomic mass is 10.2. The summed E-state index contributed by atoms with van der Waals surface area (Å²) in [4.78, 5) is 17.1. The van der Waals surface area contributed by atoms with Crippen LogP contribution in [0.15, 0.2) is 29.2 Å². The highest BCUT2D eigenvalue weighted by Gasteiger charge is 2.15. The monoisotopic (exact) mass is 293 g/mol. The highest BCUT2D eigenvalue weighted by Crippen LogP contribution is 2.29. The van der Waals surface area contributed by atoms with E-state index in [4.69, 9.17) is 5.11 Å². The Morgan fingerprint density at radius 1 is 1.42 bits per heavy atom. The van der Waals surface area contributed by atoms with Crippen LogP contribution >= 0.6 is 23.1 Å². The normalized spacial score (nSPS) is 10.6. The van der Waals surface area contributed by atoms with Crippen LogP contribution < -0.4 is 0 Å². The minimum Gasteiger partial charge on any atom is -0.477 e. The molecule has 0 saturated heterocycles. The first-order chi connectivity index (χ1) is 9.11. The molecule has 0 bridgehead atoms. The van der Waals surface area contributed by atoms with Gasteiger partial charge in [0.25, 0.3) is 0 Å². The van der Waals surface area contributed by atoms with Crippen LogP contribution in [0.25, 0.3) is 0 Å². The van der Waals surface area contributed by atoms with E-state index >= 15 is 0 Å². The van der Waals surface area contributed by atoms with E-state index in [0.29, 0.717) is 17.0 Å². The second kappa shape index (κ2) is 6.21. The van der Waals surface area contributed by atoms with Crippen molar-refractivity contribution in [3.63, 3.8) is 0 Å². The molecule has 1 N–H and O–H groups in total. The Morgan fingerprint density at radius 2 is 2.16 bits per heavy atom. The van der Waals surface area contributed by atoms with Crippen LogP contribution in [0.4, 0.5) is 0 Å². The Morgan fingerprint density at radius 3 is 2.74 bits per heavy atom. The molecule has 100 valence electrons. The second-order valence-corrected chi connectivity index (χ2v) is 6.20. The third-order valence-corrected chi connectivity index (χ3v) is 5.17. The Balaban J connectivity index is 2.12. The van der Waals surface area contributed by atoms with Crippen molar-refractivity contribution in [3.8, 4) is 0 Å². The number of aromatic nitrogens is 1. The van der Waals surface area contributed by atoms with Gasteiger partial charge in [-0.1, -0.05) is 25.1 Å². The zero-order valence-electron chi connectivity index (χ0n) is 10.8. The van der Waals surface area contributed by atoms with Crippen molar-refractivity contribution in [1.82, 2.24) is 4.98 Å². The SMILES string of the molecule is CCc1nc(CSc2ccccc2C)sc1C(=O)O. The van der Waals surface area contributed by atoms with Crippen molar-refractivity contribution in [1.29, 1.82) is 0 Å². The minimum atomic E-state index is -0.874. The van der Waals surface area contributed by atoms with Crippen LogP contribution in [-0.4, -0.2) is 16.1 Å². The maximum atomic E-state index is 11.1. The van der Waals surface area contributed by atoms with Crippen molar-refractivity contribution in [3.05, 3.63) is 45.4 Å². The van der Waals surface area contributed by atoms with Crippen LogP contribution in [0, 0.1) is 6.92 Å². The van der Waals surface area contributed by atoms with Crippen molar-refractivity contribution in [2.75, 3.05) is 0 Å². The van der Waals surface area contributed by atoms with Gasteiger partial charge in [-0.3, -0.25) is 0 Å². The summed E-state index contributed by atoms with van der Waals surface area (Å²) in [5.74, 6) is -0.156. The maximum absolute atomic E-state index is 11.1. The summed E-state index contributed by atoms with van der Waals surface area (Å²) < 4.78 is 0. The van der Waals surface area contributed by atoms with Gasteiger partial charge in [0.15, 0.2) is 0 Å². The number of carboxylic acids is 1. The van der Waals surface area contributed by atoms with Crippen LogP contribution in [0.5, 0.6) is 0 Å². The van der Waals surface area contributed by atoms with E-state index in [9.17, 15) is 4.79 Å². The third kappa shape index (κ3) is 3.36. The quantitative estimate of drug-likeness (QED) is 0.846. The fourth-order valence-electron chi connectivity index (χ4n) is 1.73. The van der Waals surface area contributed by atoms with Gasteiger partial charge in [-0.25, -0.2) is 9.78 Å². The second-order valence-electron chi connectivity index (χ2n) is 4.10. The molecule has 0 radical (unpaired) electrons. The molecule has 0 aliphatic carbocycles. The molecule has 0 fully saturated rings. The predicted octanol–water partition coefficient (Wildman–Crippen LogP) is 4.00. The average Bonchev–Trinajstić information content (AvgIpc) is 2.81. The molecule has 2 rings (SSSR count). The molecule has 0 saturated carbocycles. The van der Waals surface area contributed by atoms with Crippen LogP contribution in [0.2, 0.25) is 0 Å². The number of benzene rings is 1. The molecule has 1 aromatic carbocycles. The number of carbonyl (C=O) groups is 1. The van der Waals surface area contributed by atoms with Gasteiger partial charge < -0.3 is 5.11 Å². The summed E-state index contributed by atoms with van der Waals surface area (Å²) in [5.41, 5.74) is 1.93. The maximum Gasteiger partial charge on any atom is 0.347 e. The zero-order chi connectivity index (χ0) is 13.8. The largest absolute Gasteiger partial charge is 0.477 e. The van der Waals surface area contributed by atoms with E-state index < -0.39 is 5.97 Å². The fraction of sp³-hybridized carbons (Fsp3) is 0.286. The first-order valence-electron chi connectivity index (χ1n) is 6.02. The number of hydrogen-bond donors (Lipinski definition) is 1. The van der Waals surface area contributed by atoms with Gasteiger partial charge in [0.1, 0.15) is 9.88 Å². The summed E-state index contributed by atoms with van der Waals surface area (Å²) in [7, 11) is 0. The predicted molar refractivity (Wildman–Crippen MR) is 79.2 cm³/mol. The molecule has 0 aliphatic rings. The van der Waals surface area contributed by atoms with E-state index in [1.54, 1.807) is 11.8 Å². The number of carboxylic acid groups (broad SMARTS) is 1. The van der Waals surface area contributed by atoms with Crippen LogP contribution in [0.1, 0.15) is 32.9 Å². The molecule has 1 heterocycles. The van der Waals surface area contributed by atoms with Gasteiger partial charge in [0.2, 0.25) is 0 Å². The first kappa shape index (κ1) is 14.1. The lowest BCUT2D eigenvalue weighted by molar-refractivity contribution is 0.0701. The van der Waals surface area contributed by atoms with Gasteiger partial charge in [-0.2, -0.15) is 0 Å². The van der Waals surface area contributed by atoms with Gasteiger partial charge in [-0.15, -0.1) is 23.1 Å². The summed E-state index contributed by atoms with van der Waals surface area (Å²) in [6, 6.07) is 8.18. The van der Waals surface area contributed by atoms with Gasteiger partial charge in [0.05, 0.1) is 11.4 Å². The number of hydrogen-bond acceptors (Lipinski definition) is 4. The standard InChI is InChI=1S/C14H15NO2S2/c1-3-10-13(14(16)17)19-12(15-10)8-18-11-7-5-4-6-9(11)2/h4-7H,3,8H2,1-2H3,(H,16,17). The van der Waals surface area contributed by atoms with E-state index in [2.05, 4.69) is 24.0 Å². The minimum absolute atomic E-state index is 0.378. The molecule has 0 atom stereocenters. The fourth-order valence-corrected chi connectivity index (χ4v) is 3.74. The smallest absolute Gasteiger partial charge is 0.347 e. The number of thioether (sulfide) groups is 1. The molecule has 19 heavy (non-hydrogen) atoms. The molecule has 0 aliphatic heterocycles. The highest BCUT2D eigenvalue weighted by molar-refractivity contribution is 7.98. The Hall–Kier alpha value is -1.33. The number of aryl methyl sites for hydroxylation is 2. The van der Waals surface area contributed by atoms with Crippen molar-refractivity contribution in [2.24, 2.45) is 0 Å². The molecule has 3 nitrogen and oxygen atoms in total. The highest BCUT2D eigenvalue weighted by atomic mass is 32.2. The summed E-state index contributed by atoms with van der Waals surface area (Å²) in [6.45, 7) is 4.00. The summed E-state index contributed by atoms with van der Waals surface area (Å²) in [6.07, 6.45) is 0.660. The number of thiazole rings is 1. The van der Waals surface area contributed by atoms with E-state index in [-0.39, 0.29) is 0 Å². The van der Waals surface area contributed by atoms with E-state index in [1.165, 1.54) is 21.8 Å². The molecule has 1 aromatic heterocycles. The van der Waals surface area contributed by atoms with E-state index in [1.807, 2.05) is 19.1 Å². The lowest BCUT2D eigenvalue weighted by Crippen LogP contribution is -1.97. The van der Waals surface area contributed by atoms with Crippen molar-refractivity contribution >= 4 is 29.1 Å². The summed E-state index contributed by atoms with van der Waals surface area (Å²) >= 11 is 2.99. The van der Waals surface area contributed by atoms with Gasteiger partial charge in [0, 0.05) is 4.90 Å².